The molecule has 1 saturated heterocycles. The SMILES string of the molecule is C[C@@H]1OC[C@@H](OCc2ccccc2)[C@H](C(=O)C(F)(F)F)O1. The number of ketones is 1. The van der Waals surface area contributed by atoms with Crippen molar-refractivity contribution >= 4 is 5.78 Å². The third-order valence-electron chi connectivity index (χ3n) is 3.02. The van der Waals surface area contributed by atoms with Crippen LogP contribution in [-0.2, 0) is 25.6 Å². The Labute approximate surface area is 119 Å². The van der Waals surface area contributed by atoms with E-state index in [-0.39, 0.29) is 13.2 Å². The summed E-state index contributed by atoms with van der Waals surface area (Å²) in [5.41, 5.74) is 0.786. The van der Waals surface area contributed by atoms with Crippen molar-refractivity contribution in [3.05, 3.63) is 35.9 Å². The van der Waals surface area contributed by atoms with Gasteiger partial charge in [0.2, 0.25) is 0 Å². The third-order valence-corrected chi connectivity index (χ3v) is 3.02. The van der Waals surface area contributed by atoms with Crippen LogP contribution in [0.2, 0.25) is 0 Å². The first kappa shape index (κ1) is 15.9. The van der Waals surface area contributed by atoms with E-state index in [1.807, 2.05) is 6.07 Å². The van der Waals surface area contributed by atoms with E-state index in [9.17, 15) is 18.0 Å². The van der Waals surface area contributed by atoms with Crippen molar-refractivity contribution < 1.29 is 32.2 Å². The summed E-state index contributed by atoms with van der Waals surface area (Å²) in [6, 6.07) is 8.93. The van der Waals surface area contributed by atoms with E-state index in [4.69, 9.17) is 14.2 Å². The van der Waals surface area contributed by atoms with Gasteiger partial charge in [-0.05, 0) is 12.5 Å². The first-order chi connectivity index (χ1) is 9.88. The number of hydrogen-bond acceptors (Lipinski definition) is 4. The quantitative estimate of drug-likeness (QED) is 0.857. The van der Waals surface area contributed by atoms with Crippen LogP contribution in [-0.4, -0.2) is 37.1 Å². The van der Waals surface area contributed by atoms with Crippen LogP contribution in [0.15, 0.2) is 30.3 Å². The molecule has 7 heteroatoms. The molecular weight excluding hydrogens is 289 g/mol. The van der Waals surface area contributed by atoms with Gasteiger partial charge in [-0.15, -0.1) is 0 Å². The van der Waals surface area contributed by atoms with Gasteiger partial charge < -0.3 is 14.2 Å². The van der Waals surface area contributed by atoms with Crippen LogP contribution in [0.25, 0.3) is 0 Å². The molecule has 2 rings (SSSR count). The van der Waals surface area contributed by atoms with Crippen molar-refractivity contribution in [1.82, 2.24) is 0 Å². The highest BCUT2D eigenvalue weighted by Gasteiger charge is 2.49. The summed E-state index contributed by atoms with van der Waals surface area (Å²) in [6.45, 7) is 1.39. The number of carbonyl (C=O) groups excluding carboxylic acids is 1. The lowest BCUT2D eigenvalue weighted by molar-refractivity contribution is -0.261. The highest BCUT2D eigenvalue weighted by molar-refractivity contribution is 5.89. The Balaban J connectivity index is 2.03. The van der Waals surface area contributed by atoms with E-state index in [1.54, 1.807) is 24.3 Å². The molecule has 21 heavy (non-hydrogen) atoms. The Kier molecular flexibility index (Phi) is 4.97. The molecule has 3 atom stereocenters. The summed E-state index contributed by atoms with van der Waals surface area (Å²) >= 11 is 0. The number of Topliss-reactive ketones (excluding diaryl/α,β-unsaturated/α-hetero) is 1. The molecule has 1 aromatic rings. The minimum absolute atomic E-state index is 0.0776. The van der Waals surface area contributed by atoms with E-state index in [2.05, 4.69) is 0 Å². The normalized spacial score (nSPS) is 26.6. The lowest BCUT2D eigenvalue weighted by Crippen LogP contribution is -2.52. The Morgan fingerprint density at radius 1 is 1.33 bits per heavy atom. The topological polar surface area (TPSA) is 44.8 Å². The summed E-state index contributed by atoms with van der Waals surface area (Å²) in [7, 11) is 0. The molecule has 0 amide bonds. The molecule has 1 aliphatic heterocycles. The van der Waals surface area contributed by atoms with Crippen molar-refractivity contribution in [1.29, 1.82) is 0 Å². The van der Waals surface area contributed by atoms with Crippen LogP contribution in [0.1, 0.15) is 12.5 Å². The Bertz CT molecular complexity index is 475. The minimum Gasteiger partial charge on any atom is -0.368 e. The molecule has 1 aliphatic rings. The van der Waals surface area contributed by atoms with Crippen LogP contribution in [0.5, 0.6) is 0 Å². The maximum Gasteiger partial charge on any atom is 0.452 e. The van der Waals surface area contributed by atoms with Gasteiger partial charge in [-0.2, -0.15) is 13.2 Å². The van der Waals surface area contributed by atoms with Gasteiger partial charge in [-0.3, -0.25) is 4.79 Å². The molecule has 0 aromatic heterocycles. The van der Waals surface area contributed by atoms with Crippen LogP contribution in [0.4, 0.5) is 13.2 Å². The van der Waals surface area contributed by atoms with Gasteiger partial charge in [0.15, 0.2) is 12.4 Å². The summed E-state index contributed by atoms with van der Waals surface area (Å²) < 4.78 is 53.2. The first-order valence-electron chi connectivity index (χ1n) is 6.41. The molecule has 1 fully saturated rings. The highest BCUT2D eigenvalue weighted by atomic mass is 19.4. The predicted molar refractivity (Wildman–Crippen MR) is 66.4 cm³/mol. The maximum absolute atomic E-state index is 12.6. The van der Waals surface area contributed by atoms with Gasteiger partial charge in [0.05, 0.1) is 13.2 Å². The van der Waals surface area contributed by atoms with Crippen molar-refractivity contribution in [3.63, 3.8) is 0 Å². The average Bonchev–Trinajstić information content (AvgIpc) is 2.45. The van der Waals surface area contributed by atoms with Crippen LogP contribution < -0.4 is 0 Å². The highest BCUT2D eigenvalue weighted by Crippen LogP contribution is 2.26. The molecule has 0 unspecified atom stereocenters. The summed E-state index contributed by atoms with van der Waals surface area (Å²) in [4.78, 5) is 11.4. The summed E-state index contributed by atoms with van der Waals surface area (Å²) in [6.07, 6.45) is -8.62. The second kappa shape index (κ2) is 6.55. The Morgan fingerprint density at radius 2 is 2.00 bits per heavy atom. The van der Waals surface area contributed by atoms with Gasteiger partial charge in [0.25, 0.3) is 5.78 Å². The zero-order valence-corrected chi connectivity index (χ0v) is 11.3. The van der Waals surface area contributed by atoms with Gasteiger partial charge in [0.1, 0.15) is 6.10 Å². The lowest BCUT2D eigenvalue weighted by Gasteiger charge is -2.34. The first-order valence-corrected chi connectivity index (χ1v) is 6.41. The van der Waals surface area contributed by atoms with Gasteiger partial charge in [-0.1, -0.05) is 30.3 Å². The van der Waals surface area contributed by atoms with Crippen LogP contribution in [0, 0.1) is 0 Å². The molecule has 0 spiro atoms. The van der Waals surface area contributed by atoms with Crippen molar-refractivity contribution in [3.8, 4) is 0 Å². The maximum atomic E-state index is 12.6. The molecule has 0 saturated carbocycles. The molecule has 0 aliphatic carbocycles. The fourth-order valence-electron chi connectivity index (χ4n) is 1.96. The minimum atomic E-state index is -4.96. The van der Waals surface area contributed by atoms with Crippen LogP contribution in [0.3, 0.4) is 0 Å². The standard InChI is InChI=1S/C14H15F3O4/c1-9-19-8-11(12(21-9)13(18)14(15,16)17)20-7-10-5-3-2-4-6-10/h2-6,9,11-12H,7-8H2,1H3/t9-,11-,12-/m1/s1. The largest absolute Gasteiger partial charge is 0.452 e. The Morgan fingerprint density at radius 3 is 2.62 bits per heavy atom. The number of rotatable bonds is 4. The monoisotopic (exact) mass is 304 g/mol. The number of alkyl halides is 3. The van der Waals surface area contributed by atoms with Crippen molar-refractivity contribution in [2.45, 2.75) is 38.2 Å². The lowest BCUT2D eigenvalue weighted by atomic mass is 10.1. The smallest absolute Gasteiger partial charge is 0.368 e. The zero-order valence-electron chi connectivity index (χ0n) is 11.3. The average molecular weight is 304 g/mol. The van der Waals surface area contributed by atoms with E-state index in [1.165, 1.54) is 6.92 Å². The molecule has 116 valence electrons. The van der Waals surface area contributed by atoms with E-state index in [0.717, 1.165) is 5.56 Å². The molecule has 0 radical (unpaired) electrons. The molecular formula is C14H15F3O4. The Hall–Kier alpha value is -1.44. The third kappa shape index (κ3) is 4.26. The van der Waals surface area contributed by atoms with Gasteiger partial charge in [0, 0.05) is 0 Å². The van der Waals surface area contributed by atoms with E-state index in [0.29, 0.717) is 0 Å². The fourth-order valence-corrected chi connectivity index (χ4v) is 1.96. The predicted octanol–water partition coefficient (Wildman–Crippen LogP) is 2.46. The number of halogens is 3. The summed E-state index contributed by atoms with van der Waals surface area (Å²) in [5, 5.41) is 0. The van der Waals surface area contributed by atoms with Crippen molar-refractivity contribution in [2.75, 3.05) is 6.61 Å². The zero-order chi connectivity index (χ0) is 15.5. The molecule has 4 nitrogen and oxygen atoms in total. The molecule has 1 heterocycles. The number of hydrogen-bond donors (Lipinski definition) is 0. The van der Waals surface area contributed by atoms with Crippen molar-refractivity contribution in [2.24, 2.45) is 0 Å². The van der Waals surface area contributed by atoms with Gasteiger partial charge >= 0.3 is 6.18 Å². The summed E-state index contributed by atoms with van der Waals surface area (Å²) in [5.74, 6) is -1.95. The fraction of sp³-hybridized carbons (Fsp3) is 0.500. The van der Waals surface area contributed by atoms with Crippen LogP contribution >= 0.6 is 0 Å². The molecule has 0 bridgehead atoms. The second-order valence-electron chi connectivity index (χ2n) is 4.65. The number of ether oxygens (including phenoxy) is 3. The molecule has 0 N–H and O–H groups in total. The van der Waals surface area contributed by atoms with E-state index >= 15 is 0 Å². The molecule has 1 aromatic carbocycles. The van der Waals surface area contributed by atoms with Gasteiger partial charge in [-0.25, -0.2) is 0 Å². The number of benzene rings is 1. The second-order valence-corrected chi connectivity index (χ2v) is 4.65. The van der Waals surface area contributed by atoms with E-state index < -0.39 is 30.5 Å². The number of carbonyl (C=O) groups is 1.